The maximum absolute atomic E-state index is 4.59. The van der Waals surface area contributed by atoms with E-state index in [0.717, 1.165) is 11.7 Å². The zero-order chi connectivity index (χ0) is 12.4. The van der Waals surface area contributed by atoms with Crippen molar-refractivity contribution in [3.05, 3.63) is 18.3 Å². The molecule has 98 valence electrons. The van der Waals surface area contributed by atoms with Crippen molar-refractivity contribution in [2.24, 2.45) is 5.92 Å². The van der Waals surface area contributed by atoms with Crippen LogP contribution in [0, 0.1) is 5.92 Å². The molecular formula is C15H23N3. The van der Waals surface area contributed by atoms with Crippen molar-refractivity contribution in [3.8, 4) is 0 Å². The maximum atomic E-state index is 4.59. The summed E-state index contributed by atoms with van der Waals surface area (Å²) in [5, 5.41) is 3.61. The highest BCUT2D eigenvalue weighted by atomic mass is 15.2. The van der Waals surface area contributed by atoms with E-state index in [1.165, 1.54) is 50.9 Å². The molecule has 1 aliphatic carbocycles. The van der Waals surface area contributed by atoms with Crippen LogP contribution in [0.5, 0.6) is 0 Å². The first-order valence-electron chi connectivity index (χ1n) is 7.29. The van der Waals surface area contributed by atoms with Crippen molar-refractivity contribution >= 4 is 11.5 Å². The van der Waals surface area contributed by atoms with E-state index in [-0.39, 0.29) is 0 Å². The van der Waals surface area contributed by atoms with Crippen LogP contribution in [0.15, 0.2) is 18.3 Å². The van der Waals surface area contributed by atoms with Gasteiger partial charge >= 0.3 is 0 Å². The van der Waals surface area contributed by atoms with E-state index in [1.807, 2.05) is 6.20 Å². The first-order valence-corrected chi connectivity index (χ1v) is 7.29. The number of anilines is 2. The molecule has 1 aromatic rings. The van der Waals surface area contributed by atoms with Gasteiger partial charge in [0.1, 0.15) is 5.82 Å². The highest BCUT2D eigenvalue weighted by Crippen LogP contribution is 2.27. The van der Waals surface area contributed by atoms with Crippen LogP contribution < -0.4 is 10.2 Å². The third-order valence-electron chi connectivity index (χ3n) is 4.24. The van der Waals surface area contributed by atoms with Gasteiger partial charge in [-0.1, -0.05) is 6.92 Å². The van der Waals surface area contributed by atoms with Crippen LogP contribution in [0.4, 0.5) is 11.5 Å². The third-order valence-corrected chi connectivity index (χ3v) is 4.24. The van der Waals surface area contributed by atoms with Crippen LogP contribution in [0.3, 0.4) is 0 Å². The highest BCUT2D eigenvalue weighted by Gasteiger charge is 2.21. The Morgan fingerprint density at radius 2 is 2.06 bits per heavy atom. The maximum Gasteiger partial charge on any atom is 0.128 e. The molecule has 1 saturated carbocycles. The summed E-state index contributed by atoms with van der Waals surface area (Å²) in [6.45, 7) is 4.68. The average molecular weight is 245 g/mol. The molecule has 3 nitrogen and oxygen atoms in total. The normalized spacial score (nSPS) is 27.7. The van der Waals surface area contributed by atoms with Crippen molar-refractivity contribution < 1.29 is 0 Å². The van der Waals surface area contributed by atoms with Gasteiger partial charge in [0, 0.05) is 19.1 Å². The summed E-state index contributed by atoms with van der Waals surface area (Å²) in [6, 6.07) is 5.00. The van der Waals surface area contributed by atoms with Crippen LogP contribution in [0.25, 0.3) is 0 Å². The van der Waals surface area contributed by atoms with Crippen LogP contribution in [0.1, 0.15) is 39.0 Å². The van der Waals surface area contributed by atoms with E-state index < -0.39 is 0 Å². The fourth-order valence-corrected chi connectivity index (χ4v) is 3.18. The van der Waals surface area contributed by atoms with Gasteiger partial charge in [-0.05, 0) is 50.2 Å². The molecule has 0 amide bonds. The van der Waals surface area contributed by atoms with Gasteiger partial charge < -0.3 is 10.2 Å². The summed E-state index contributed by atoms with van der Waals surface area (Å²) in [6.07, 6.45) is 8.57. The Kier molecular flexibility index (Phi) is 3.39. The van der Waals surface area contributed by atoms with Crippen molar-refractivity contribution in [2.75, 3.05) is 23.3 Å². The second kappa shape index (κ2) is 5.17. The fourth-order valence-electron chi connectivity index (χ4n) is 3.18. The lowest BCUT2D eigenvalue weighted by atomic mass is 10.1. The molecule has 0 bridgehead atoms. The van der Waals surface area contributed by atoms with Gasteiger partial charge in [0.05, 0.1) is 11.9 Å². The van der Waals surface area contributed by atoms with Gasteiger partial charge in [-0.3, -0.25) is 0 Å². The second-order valence-electron chi connectivity index (χ2n) is 5.86. The van der Waals surface area contributed by atoms with Gasteiger partial charge in [0.15, 0.2) is 0 Å². The molecule has 2 atom stereocenters. The topological polar surface area (TPSA) is 28.2 Å². The molecule has 1 N–H and O–H groups in total. The zero-order valence-corrected chi connectivity index (χ0v) is 11.2. The summed E-state index contributed by atoms with van der Waals surface area (Å²) in [7, 11) is 0. The molecule has 0 aromatic carbocycles. The van der Waals surface area contributed by atoms with Crippen LogP contribution in [0.2, 0.25) is 0 Å². The summed E-state index contributed by atoms with van der Waals surface area (Å²) in [5.74, 6) is 2.01. The molecule has 18 heavy (non-hydrogen) atoms. The summed E-state index contributed by atoms with van der Waals surface area (Å²) in [4.78, 5) is 6.96. The molecule has 3 heteroatoms. The van der Waals surface area contributed by atoms with E-state index in [4.69, 9.17) is 0 Å². The standard InChI is InChI=1S/C15H23N3/c1-12-4-5-13(10-12)17-14-6-7-15(16-11-14)18-8-2-3-9-18/h6-7,11-13,17H,2-5,8-10H2,1H3. The molecular weight excluding hydrogens is 222 g/mol. The van der Waals surface area contributed by atoms with Crippen molar-refractivity contribution in [1.82, 2.24) is 4.98 Å². The van der Waals surface area contributed by atoms with Crippen LogP contribution in [-0.2, 0) is 0 Å². The van der Waals surface area contributed by atoms with E-state index in [9.17, 15) is 0 Å². The summed E-state index contributed by atoms with van der Waals surface area (Å²) < 4.78 is 0. The Morgan fingerprint density at radius 1 is 1.22 bits per heavy atom. The number of nitrogens with one attached hydrogen (secondary N) is 1. The number of hydrogen-bond donors (Lipinski definition) is 1. The van der Waals surface area contributed by atoms with Gasteiger partial charge in [-0.2, -0.15) is 0 Å². The Balaban J connectivity index is 1.60. The minimum Gasteiger partial charge on any atom is -0.381 e. The number of aromatic nitrogens is 1. The molecule has 2 heterocycles. The van der Waals surface area contributed by atoms with Crippen molar-refractivity contribution in [1.29, 1.82) is 0 Å². The molecule has 2 fully saturated rings. The first kappa shape index (κ1) is 11.8. The second-order valence-corrected chi connectivity index (χ2v) is 5.86. The molecule has 3 rings (SSSR count). The van der Waals surface area contributed by atoms with E-state index in [0.29, 0.717) is 6.04 Å². The molecule has 0 radical (unpaired) electrons. The molecule has 1 aromatic heterocycles. The number of nitrogens with zero attached hydrogens (tertiary/aromatic N) is 2. The predicted octanol–water partition coefficient (Wildman–Crippen LogP) is 3.28. The Morgan fingerprint density at radius 3 is 2.67 bits per heavy atom. The Labute approximate surface area is 110 Å². The van der Waals surface area contributed by atoms with E-state index in [2.05, 4.69) is 34.3 Å². The lowest BCUT2D eigenvalue weighted by Gasteiger charge is -2.18. The predicted molar refractivity (Wildman–Crippen MR) is 76.1 cm³/mol. The van der Waals surface area contributed by atoms with Crippen molar-refractivity contribution in [3.63, 3.8) is 0 Å². The van der Waals surface area contributed by atoms with Crippen molar-refractivity contribution in [2.45, 2.75) is 45.1 Å². The zero-order valence-electron chi connectivity index (χ0n) is 11.2. The van der Waals surface area contributed by atoms with Crippen LogP contribution >= 0.6 is 0 Å². The molecule has 1 saturated heterocycles. The molecule has 0 spiro atoms. The van der Waals surface area contributed by atoms with E-state index >= 15 is 0 Å². The Bertz CT molecular complexity index is 381. The monoisotopic (exact) mass is 245 g/mol. The molecule has 2 aliphatic rings. The summed E-state index contributed by atoms with van der Waals surface area (Å²) in [5.41, 5.74) is 1.18. The molecule has 1 aliphatic heterocycles. The van der Waals surface area contributed by atoms with Crippen LogP contribution in [-0.4, -0.2) is 24.1 Å². The van der Waals surface area contributed by atoms with Gasteiger partial charge in [0.25, 0.3) is 0 Å². The number of rotatable bonds is 3. The smallest absolute Gasteiger partial charge is 0.128 e. The largest absolute Gasteiger partial charge is 0.381 e. The SMILES string of the molecule is CC1CCC(Nc2ccc(N3CCCC3)nc2)C1. The minimum atomic E-state index is 0.652. The fraction of sp³-hybridized carbons (Fsp3) is 0.667. The van der Waals surface area contributed by atoms with Gasteiger partial charge in [-0.25, -0.2) is 4.98 Å². The first-order chi connectivity index (χ1) is 8.81. The van der Waals surface area contributed by atoms with Gasteiger partial charge in [0.2, 0.25) is 0 Å². The molecule has 2 unspecified atom stereocenters. The number of hydrogen-bond acceptors (Lipinski definition) is 3. The lowest BCUT2D eigenvalue weighted by Crippen LogP contribution is -2.19. The Hall–Kier alpha value is -1.25. The summed E-state index contributed by atoms with van der Waals surface area (Å²) >= 11 is 0. The lowest BCUT2D eigenvalue weighted by molar-refractivity contribution is 0.602. The quantitative estimate of drug-likeness (QED) is 0.885. The minimum absolute atomic E-state index is 0.652. The van der Waals surface area contributed by atoms with E-state index in [1.54, 1.807) is 0 Å². The van der Waals surface area contributed by atoms with Gasteiger partial charge in [-0.15, -0.1) is 0 Å². The third kappa shape index (κ3) is 2.60. The average Bonchev–Trinajstić information content (AvgIpc) is 3.02. The number of pyridine rings is 1. The highest BCUT2D eigenvalue weighted by molar-refractivity contribution is 5.49.